The van der Waals surface area contributed by atoms with Crippen LogP contribution in [0.2, 0.25) is 0 Å². The van der Waals surface area contributed by atoms with Gasteiger partial charge in [0, 0.05) is 19.0 Å². The molecule has 4 heteroatoms. The zero-order chi connectivity index (χ0) is 12.5. The van der Waals surface area contributed by atoms with Crippen LogP contribution in [0, 0.1) is 17.8 Å². The van der Waals surface area contributed by atoms with Gasteiger partial charge in [-0.05, 0) is 43.9 Å². The Hall–Kier alpha value is -1.06. The van der Waals surface area contributed by atoms with E-state index in [2.05, 4.69) is 5.32 Å². The first kappa shape index (κ1) is 12.0. The molecule has 3 aliphatic rings. The van der Waals surface area contributed by atoms with Gasteiger partial charge in [-0.2, -0.15) is 0 Å². The first-order valence-corrected chi connectivity index (χ1v) is 7.29. The maximum atomic E-state index is 12.1. The van der Waals surface area contributed by atoms with E-state index in [9.17, 15) is 9.59 Å². The van der Waals surface area contributed by atoms with Gasteiger partial charge in [0.05, 0.1) is 6.54 Å². The molecule has 2 bridgehead atoms. The van der Waals surface area contributed by atoms with Crippen molar-refractivity contribution in [3.63, 3.8) is 0 Å². The van der Waals surface area contributed by atoms with Gasteiger partial charge in [0.25, 0.3) is 0 Å². The minimum atomic E-state index is 0.0870. The van der Waals surface area contributed by atoms with Crippen molar-refractivity contribution < 1.29 is 9.59 Å². The molecule has 0 aromatic carbocycles. The van der Waals surface area contributed by atoms with Gasteiger partial charge in [0.2, 0.25) is 11.8 Å². The summed E-state index contributed by atoms with van der Waals surface area (Å²) in [4.78, 5) is 25.8. The number of amides is 2. The first-order valence-electron chi connectivity index (χ1n) is 7.29. The number of nitrogens with one attached hydrogen (secondary N) is 1. The number of hydrogen-bond acceptors (Lipinski definition) is 2. The van der Waals surface area contributed by atoms with E-state index >= 15 is 0 Å². The van der Waals surface area contributed by atoms with Crippen LogP contribution in [0.15, 0.2) is 0 Å². The van der Waals surface area contributed by atoms with Crippen LogP contribution in [0.3, 0.4) is 0 Å². The van der Waals surface area contributed by atoms with Crippen molar-refractivity contribution in [2.24, 2.45) is 17.8 Å². The van der Waals surface area contributed by atoms with Crippen molar-refractivity contribution in [3.8, 4) is 0 Å². The lowest BCUT2D eigenvalue weighted by Crippen LogP contribution is -2.41. The summed E-state index contributed by atoms with van der Waals surface area (Å²) in [6.45, 7) is 1.93. The van der Waals surface area contributed by atoms with Crippen LogP contribution < -0.4 is 5.32 Å². The summed E-state index contributed by atoms with van der Waals surface area (Å²) in [5.74, 6) is 1.77. The third-order valence-electron chi connectivity index (χ3n) is 4.95. The molecule has 4 nitrogen and oxygen atoms in total. The first-order chi connectivity index (χ1) is 8.74. The van der Waals surface area contributed by atoms with Gasteiger partial charge in [0.15, 0.2) is 0 Å². The van der Waals surface area contributed by atoms with Crippen LogP contribution in [0.25, 0.3) is 0 Å². The lowest BCUT2D eigenvalue weighted by atomic mass is 9.88. The van der Waals surface area contributed by atoms with Crippen molar-refractivity contribution in [1.29, 1.82) is 0 Å². The normalized spacial score (nSPS) is 34.0. The molecule has 1 heterocycles. The van der Waals surface area contributed by atoms with E-state index in [1.807, 2.05) is 4.90 Å². The summed E-state index contributed by atoms with van der Waals surface area (Å²) < 4.78 is 0. The Morgan fingerprint density at radius 1 is 1.11 bits per heavy atom. The van der Waals surface area contributed by atoms with E-state index in [0.717, 1.165) is 38.3 Å². The van der Waals surface area contributed by atoms with Crippen LogP contribution >= 0.6 is 0 Å². The highest BCUT2D eigenvalue weighted by atomic mass is 16.2. The Balaban J connectivity index is 1.45. The monoisotopic (exact) mass is 250 g/mol. The van der Waals surface area contributed by atoms with Gasteiger partial charge < -0.3 is 10.2 Å². The topological polar surface area (TPSA) is 49.4 Å². The highest BCUT2D eigenvalue weighted by Gasteiger charge is 2.43. The van der Waals surface area contributed by atoms with Gasteiger partial charge in [-0.3, -0.25) is 9.59 Å². The van der Waals surface area contributed by atoms with Crippen molar-refractivity contribution in [2.75, 3.05) is 19.6 Å². The molecule has 1 saturated heterocycles. The smallest absolute Gasteiger partial charge is 0.241 e. The molecule has 3 unspecified atom stereocenters. The minimum Gasteiger partial charge on any atom is -0.347 e. The van der Waals surface area contributed by atoms with E-state index < -0.39 is 0 Å². The van der Waals surface area contributed by atoms with Gasteiger partial charge in [0.1, 0.15) is 0 Å². The number of likely N-dealkylation sites (tertiary alicyclic amines) is 1. The molecule has 0 spiro atoms. The number of fused-ring (bicyclic) bond motifs is 2. The predicted octanol–water partition coefficient (Wildman–Crippen LogP) is 1.16. The fraction of sp³-hybridized carbons (Fsp3) is 0.857. The zero-order valence-corrected chi connectivity index (χ0v) is 10.9. The second kappa shape index (κ2) is 4.90. The number of carbonyl (C=O) groups excluding carboxylic acids is 2. The van der Waals surface area contributed by atoms with E-state index in [1.165, 1.54) is 19.3 Å². The molecule has 0 aromatic heterocycles. The lowest BCUT2D eigenvalue weighted by molar-refractivity contribution is -0.133. The molecule has 3 fully saturated rings. The molecule has 100 valence electrons. The molecule has 1 aliphatic heterocycles. The second-order valence-electron chi connectivity index (χ2n) is 6.09. The fourth-order valence-electron chi connectivity index (χ4n) is 3.94. The van der Waals surface area contributed by atoms with Crippen LogP contribution in [0.4, 0.5) is 0 Å². The van der Waals surface area contributed by atoms with Crippen molar-refractivity contribution in [1.82, 2.24) is 10.2 Å². The summed E-state index contributed by atoms with van der Waals surface area (Å²) in [7, 11) is 0. The average molecular weight is 250 g/mol. The van der Waals surface area contributed by atoms with Gasteiger partial charge in [-0.15, -0.1) is 0 Å². The SMILES string of the molecule is O=C(NCC(=O)N1CCCC1)C1CC2CCC1C2. The number of carbonyl (C=O) groups is 2. The van der Waals surface area contributed by atoms with Crippen molar-refractivity contribution >= 4 is 11.8 Å². The van der Waals surface area contributed by atoms with Crippen LogP contribution in [-0.4, -0.2) is 36.3 Å². The molecule has 1 N–H and O–H groups in total. The Labute approximate surface area is 108 Å². The molecular formula is C14H22N2O2. The summed E-state index contributed by atoms with van der Waals surface area (Å²) >= 11 is 0. The molecule has 18 heavy (non-hydrogen) atoms. The quantitative estimate of drug-likeness (QED) is 0.817. The van der Waals surface area contributed by atoms with Crippen LogP contribution in [-0.2, 0) is 9.59 Å². The second-order valence-corrected chi connectivity index (χ2v) is 6.09. The van der Waals surface area contributed by atoms with E-state index in [-0.39, 0.29) is 24.3 Å². The molecule has 2 saturated carbocycles. The Kier molecular flexibility index (Phi) is 3.27. The molecule has 0 radical (unpaired) electrons. The standard InChI is InChI=1S/C14H22N2O2/c17-13(16-5-1-2-6-16)9-15-14(18)12-8-10-3-4-11(12)7-10/h10-12H,1-9H2,(H,15,18). The predicted molar refractivity (Wildman–Crippen MR) is 67.8 cm³/mol. The number of hydrogen-bond donors (Lipinski definition) is 1. The highest BCUT2D eigenvalue weighted by molar-refractivity contribution is 5.86. The molecular weight excluding hydrogens is 228 g/mol. The van der Waals surface area contributed by atoms with E-state index in [4.69, 9.17) is 0 Å². The third kappa shape index (κ3) is 2.25. The van der Waals surface area contributed by atoms with Gasteiger partial charge in [-0.1, -0.05) is 6.42 Å². The maximum absolute atomic E-state index is 12.1. The summed E-state index contributed by atoms with van der Waals surface area (Å²) in [5.41, 5.74) is 0. The molecule has 2 amide bonds. The highest BCUT2D eigenvalue weighted by Crippen LogP contribution is 2.48. The Bertz CT molecular complexity index is 350. The van der Waals surface area contributed by atoms with Crippen LogP contribution in [0.1, 0.15) is 38.5 Å². The van der Waals surface area contributed by atoms with Crippen molar-refractivity contribution in [3.05, 3.63) is 0 Å². The Morgan fingerprint density at radius 2 is 1.89 bits per heavy atom. The summed E-state index contributed by atoms with van der Waals surface area (Å²) in [6, 6.07) is 0. The fourth-order valence-corrected chi connectivity index (χ4v) is 3.94. The largest absolute Gasteiger partial charge is 0.347 e. The summed E-state index contributed by atoms with van der Waals surface area (Å²) in [6.07, 6.45) is 7.01. The third-order valence-corrected chi connectivity index (χ3v) is 4.95. The minimum absolute atomic E-state index is 0.0870. The molecule has 0 aromatic rings. The average Bonchev–Trinajstić information content (AvgIpc) is 3.09. The molecule has 3 rings (SSSR count). The summed E-state index contributed by atoms with van der Waals surface area (Å²) in [5, 5.41) is 2.86. The maximum Gasteiger partial charge on any atom is 0.241 e. The van der Waals surface area contributed by atoms with Gasteiger partial charge in [-0.25, -0.2) is 0 Å². The zero-order valence-electron chi connectivity index (χ0n) is 10.9. The van der Waals surface area contributed by atoms with Gasteiger partial charge >= 0.3 is 0 Å². The lowest BCUT2D eigenvalue weighted by Gasteiger charge is -2.21. The Morgan fingerprint density at radius 3 is 2.50 bits per heavy atom. The van der Waals surface area contributed by atoms with E-state index in [0.29, 0.717) is 5.92 Å². The number of rotatable bonds is 3. The molecule has 2 aliphatic carbocycles. The van der Waals surface area contributed by atoms with Crippen LogP contribution in [0.5, 0.6) is 0 Å². The van der Waals surface area contributed by atoms with Crippen molar-refractivity contribution in [2.45, 2.75) is 38.5 Å². The molecule has 3 atom stereocenters. The number of nitrogens with zero attached hydrogens (tertiary/aromatic N) is 1. The van der Waals surface area contributed by atoms with E-state index in [1.54, 1.807) is 0 Å².